The molecule has 7 rings (SSSR count). The lowest BCUT2D eigenvalue weighted by atomic mass is 9.58. The van der Waals surface area contributed by atoms with Gasteiger partial charge in [0, 0.05) is 56.0 Å². The van der Waals surface area contributed by atoms with Crippen LogP contribution in [0.5, 0.6) is 0 Å². The molecule has 0 radical (unpaired) electrons. The van der Waals surface area contributed by atoms with Crippen LogP contribution in [-0.2, 0) is 4.74 Å². The number of hydrogen-bond acceptors (Lipinski definition) is 7. The second kappa shape index (κ2) is 13.8. The minimum atomic E-state index is 0.0195. The Labute approximate surface area is 272 Å². The normalized spacial score (nSPS) is 38.7. The average molecular weight is 624 g/mol. The van der Waals surface area contributed by atoms with Crippen LogP contribution in [0.1, 0.15) is 120 Å². The Morgan fingerprint density at radius 2 is 1.75 bits per heavy atom. The summed E-state index contributed by atoms with van der Waals surface area (Å²) in [5.41, 5.74) is 4.88. The molecule has 6 nitrogen and oxygen atoms in total. The van der Waals surface area contributed by atoms with E-state index < -0.39 is 0 Å². The maximum atomic E-state index is 7.44. The third-order valence-corrected chi connectivity index (χ3v) is 13.5. The van der Waals surface area contributed by atoms with Crippen LogP contribution in [0, 0.1) is 31.1 Å². The first-order chi connectivity index (χ1) is 21.3. The number of nitrogens with zero attached hydrogens (tertiary/aromatic N) is 2. The fourth-order valence-electron chi connectivity index (χ4n) is 10.3. The molecule has 3 saturated heterocycles. The maximum absolute atomic E-state index is 7.44. The van der Waals surface area contributed by atoms with Gasteiger partial charge in [-0.2, -0.15) is 0 Å². The van der Waals surface area contributed by atoms with Crippen molar-refractivity contribution in [2.45, 2.75) is 153 Å². The number of benzene rings is 1. The van der Waals surface area contributed by atoms with Crippen molar-refractivity contribution in [2.24, 2.45) is 17.3 Å². The van der Waals surface area contributed by atoms with Crippen LogP contribution in [0.15, 0.2) is 18.2 Å². The van der Waals surface area contributed by atoms with E-state index in [9.17, 15) is 0 Å². The summed E-state index contributed by atoms with van der Waals surface area (Å²) in [4.78, 5) is 5.84. The minimum Gasteiger partial charge on any atom is -0.357 e. The van der Waals surface area contributed by atoms with E-state index in [0.29, 0.717) is 22.6 Å². The largest absolute Gasteiger partial charge is 0.357 e. The summed E-state index contributed by atoms with van der Waals surface area (Å²) in [6, 6.07) is 8.26. The molecule has 1 spiro atoms. The molecule has 3 N–H and O–H groups in total. The topological polar surface area (TPSA) is 51.8 Å². The van der Waals surface area contributed by atoms with Crippen LogP contribution in [0.25, 0.3) is 0 Å². The van der Waals surface area contributed by atoms with Gasteiger partial charge in [-0.1, -0.05) is 69.7 Å². The summed E-state index contributed by atoms with van der Waals surface area (Å²) < 4.78 is 11.3. The zero-order chi connectivity index (χ0) is 30.3. The molecule has 3 aliphatic carbocycles. The molecule has 6 fully saturated rings. The summed E-state index contributed by atoms with van der Waals surface area (Å²) in [6.45, 7) is 14.2. The Morgan fingerprint density at radius 1 is 0.955 bits per heavy atom. The molecular weight excluding hydrogens is 563 g/mol. The summed E-state index contributed by atoms with van der Waals surface area (Å²) in [6.07, 6.45) is 18.1. The zero-order valence-electron chi connectivity index (χ0n) is 28.2. The lowest BCUT2D eigenvalue weighted by Crippen LogP contribution is -2.63. The van der Waals surface area contributed by atoms with E-state index in [-0.39, 0.29) is 24.7 Å². The van der Waals surface area contributed by atoms with Gasteiger partial charge >= 0.3 is 0 Å². The second-order valence-corrected chi connectivity index (χ2v) is 17.4. The zero-order valence-corrected chi connectivity index (χ0v) is 29.0. The fraction of sp³-hybridized carbons (Fsp3) is 0.838. The third-order valence-electron chi connectivity index (χ3n) is 12.4. The lowest BCUT2D eigenvalue weighted by Gasteiger charge is -2.56. The SMILES string of the molecule is Cc1cccc(C)c1C1CC2NC(NSC3CCCC(C3)CN3CCN(C4CC5(CCCCC5)C4)[C@H](CC(C)C)[C@H](C3)O2)N1. The van der Waals surface area contributed by atoms with E-state index in [0.717, 1.165) is 24.9 Å². The molecular formula is C37H61N5OS. The van der Waals surface area contributed by atoms with Crippen LogP contribution >= 0.6 is 11.9 Å². The van der Waals surface area contributed by atoms with E-state index in [1.165, 1.54) is 113 Å². The summed E-state index contributed by atoms with van der Waals surface area (Å²) in [5, 5.41) is 8.58. The number of nitrogens with one attached hydrogen (secondary N) is 3. The highest BCUT2D eigenvalue weighted by atomic mass is 32.2. The van der Waals surface area contributed by atoms with E-state index >= 15 is 0 Å². The fourth-order valence-corrected chi connectivity index (χ4v) is 11.4. The Bertz CT molecular complexity index is 1080. The Morgan fingerprint density at radius 3 is 2.52 bits per heavy atom. The predicted molar refractivity (Wildman–Crippen MR) is 183 cm³/mol. The molecule has 6 bridgehead atoms. The van der Waals surface area contributed by atoms with Crippen LogP contribution in [-0.4, -0.2) is 71.9 Å². The minimum absolute atomic E-state index is 0.0195. The van der Waals surface area contributed by atoms with Crippen molar-refractivity contribution in [3.8, 4) is 0 Å². The molecule has 1 aromatic rings. The van der Waals surface area contributed by atoms with Gasteiger partial charge < -0.3 is 4.74 Å². The second-order valence-electron chi connectivity index (χ2n) is 16.2. The number of fused-ring (bicyclic) bond motifs is 6. The molecule has 0 aromatic heterocycles. The number of rotatable bonds is 4. The summed E-state index contributed by atoms with van der Waals surface area (Å²) >= 11 is 1.98. The molecule has 1 aromatic carbocycles. The van der Waals surface area contributed by atoms with Gasteiger partial charge in [-0.25, -0.2) is 4.72 Å². The summed E-state index contributed by atoms with van der Waals surface area (Å²) in [5.74, 6) is 1.47. The monoisotopic (exact) mass is 623 g/mol. The smallest absolute Gasteiger partial charge is 0.123 e. The predicted octanol–water partition coefficient (Wildman–Crippen LogP) is 6.88. The van der Waals surface area contributed by atoms with Crippen molar-refractivity contribution >= 4 is 11.9 Å². The van der Waals surface area contributed by atoms with Gasteiger partial charge in [0.25, 0.3) is 0 Å². The van der Waals surface area contributed by atoms with Crippen LogP contribution < -0.4 is 15.4 Å². The quantitative estimate of drug-likeness (QED) is 0.316. The molecule has 3 saturated carbocycles. The van der Waals surface area contributed by atoms with Crippen LogP contribution in [0.3, 0.4) is 0 Å². The highest BCUT2D eigenvalue weighted by Crippen LogP contribution is 2.54. The first-order valence-corrected chi connectivity index (χ1v) is 19.3. The average Bonchev–Trinajstić information content (AvgIpc) is 3.13. The third kappa shape index (κ3) is 7.10. The van der Waals surface area contributed by atoms with Crippen molar-refractivity contribution in [1.82, 2.24) is 25.2 Å². The van der Waals surface area contributed by atoms with E-state index in [4.69, 9.17) is 4.74 Å². The molecule has 44 heavy (non-hydrogen) atoms. The Kier molecular flexibility index (Phi) is 10.0. The van der Waals surface area contributed by atoms with Gasteiger partial charge in [0.05, 0.1) is 6.10 Å². The first-order valence-electron chi connectivity index (χ1n) is 18.5. The first kappa shape index (κ1) is 31.9. The van der Waals surface area contributed by atoms with E-state index in [2.05, 4.69) is 71.0 Å². The van der Waals surface area contributed by atoms with Gasteiger partial charge in [-0.05, 0) is 99.2 Å². The van der Waals surface area contributed by atoms with E-state index in [1.807, 2.05) is 11.9 Å². The molecule has 6 aliphatic rings. The molecule has 0 amide bonds. The molecule has 246 valence electrons. The van der Waals surface area contributed by atoms with Crippen molar-refractivity contribution in [1.29, 1.82) is 0 Å². The molecule has 8 atom stereocenters. The highest BCUT2D eigenvalue weighted by molar-refractivity contribution is 7.98. The van der Waals surface area contributed by atoms with Crippen molar-refractivity contribution in [3.63, 3.8) is 0 Å². The maximum Gasteiger partial charge on any atom is 0.123 e. The van der Waals surface area contributed by atoms with E-state index in [1.54, 1.807) is 0 Å². The number of hydrogen-bond donors (Lipinski definition) is 3. The van der Waals surface area contributed by atoms with Gasteiger partial charge in [-0.3, -0.25) is 20.4 Å². The van der Waals surface area contributed by atoms with Crippen molar-refractivity contribution < 1.29 is 4.74 Å². The Balaban J connectivity index is 1.18. The van der Waals surface area contributed by atoms with Crippen molar-refractivity contribution in [2.75, 3.05) is 26.2 Å². The van der Waals surface area contributed by atoms with Crippen molar-refractivity contribution in [3.05, 3.63) is 34.9 Å². The van der Waals surface area contributed by atoms with Crippen LogP contribution in [0.4, 0.5) is 0 Å². The highest BCUT2D eigenvalue weighted by Gasteiger charge is 2.50. The van der Waals surface area contributed by atoms with Gasteiger partial charge in [0.1, 0.15) is 12.5 Å². The van der Waals surface area contributed by atoms with Gasteiger partial charge in [-0.15, -0.1) is 0 Å². The molecule has 6 unspecified atom stereocenters. The van der Waals surface area contributed by atoms with Gasteiger partial charge in [0.15, 0.2) is 0 Å². The molecule has 7 heteroatoms. The number of ether oxygens (including phenoxy) is 1. The summed E-state index contributed by atoms with van der Waals surface area (Å²) in [7, 11) is 0. The van der Waals surface area contributed by atoms with Gasteiger partial charge in [0.2, 0.25) is 0 Å². The Hall–Kier alpha value is -0.670. The lowest BCUT2D eigenvalue weighted by molar-refractivity contribution is -0.119. The number of aryl methyl sites for hydroxylation is 2. The molecule has 3 heterocycles. The standard InChI is InChI=1S/C37H61N5OS/c1-25(2)18-32-33-24-41(16-17-42(32)29-21-37(22-29)14-6-5-7-15-37)23-28-12-9-13-30(19-28)44-40-36-38-31(20-34(39-36)43-33)35-26(3)10-8-11-27(35)4/h8,10-11,25,28-34,36,38-40H,5-7,9,12-24H2,1-4H3/t28?,30?,31?,32-,33+,34?,36?/m1/s1. The van der Waals surface area contributed by atoms with Crippen LogP contribution in [0.2, 0.25) is 0 Å². The molecule has 3 aliphatic heterocycles.